The summed E-state index contributed by atoms with van der Waals surface area (Å²) in [5.41, 5.74) is 5.06. The zero-order valence-electron chi connectivity index (χ0n) is 24.7. The smallest absolute Gasteiger partial charge is 0.305 e. The molecule has 0 unspecified atom stereocenters. The molecule has 0 saturated carbocycles. The highest BCUT2D eigenvalue weighted by atomic mass is 16.5. The number of ether oxygens (including phenoxy) is 2. The Morgan fingerprint density at radius 3 is 1.56 bits per heavy atom. The number of carbonyl (C=O) groups is 2. The zero-order valence-corrected chi connectivity index (χ0v) is 24.7. The molecule has 0 aliphatic carbocycles. The van der Waals surface area contributed by atoms with Crippen LogP contribution in [0.4, 0.5) is 0 Å². The Morgan fingerprint density at radius 1 is 0.750 bits per heavy atom. The van der Waals surface area contributed by atoms with Gasteiger partial charge in [-0.1, -0.05) is 108 Å². The Bertz CT molecular complexity index is 706. The predicted molar refractivity (Wildman–Crippen MR) is 156 cm³/mol. The maximum atomic E-state index is 11.3. The van der Waals surface area contributed by atoms with Crippen molar-refractivity contribution in [1.29, 1.82) is 0 Å². The maximum absolute atomic E-state index is 11.3. The maximum Gasteiger partial charge on any atom is 0.305 e. The van der Waals surface area contributed by atoms with Crippen LogP contribution in [0.15, 0.2) is 48.5 Å². The van der Waals surface area contributed by atoms with Crippen molar-refractivity contribution in [3.8, 4) is 0 Å². The molecule has 0 aromatic heterocycles. The first-order valence-electron chi connectivity index (χ1n) is 13.7. The van der Waals surface area contributed by atoms with Gasteiger partial charge in [0.25, 0.3) is 0 Å². The third-order valence-corrected chi connectivity index (χ3v) is 4.44. The van der Waals surface area contributed by atoms with E-state index >= 15 is 0 Å². The number of esters is 1. The van der Waals surface area contributed by atoms with E-state index < -0.39 is 0 Å². The number of methoxy groups -OCH3 is 1. The molecular weight excluding hydrogens is 448 g/mol. The second kappa shape index (κ2) is 30.6. The van der Waals surface area contributed by atoms with Crippen LogP contribution in [0, 0.1) is 13.8 Å². The molecule has 0 aliphatic heterocycles. The number of aryl methyl sites for hydroxylation is 2. The SMILES string of the molecule is CC.CC.CCC.COCCc1ccc(C)cc1.Cc1ccc(CCOC(=O)CCCCC=O)cc1. The molecule has 0 atom stereocenters. The Labute approximate surface area is 222 Å². The molecular formula is C32H54O4. The fourth-order valence-electron chi connectivity index (χ4n) is 2.58. The van der Waals surface area contributed by atoms with Crippen LogP contribution in [0.5, 0.6) is 0 Å². The number of benzene rings is 2. The van der Waals surface area contributed by atoms with Crippen LogP contribution in [0.1, 0.15) is 95.9 Å². The van der Waals surface area contributed by atoms with Crippen LogP contribution in [0.3, 0.4) is 0 Å². The molecule has 2 rings (SSSR count). The van der Waals surface area contributed by atoms with E-state index in [0.717, 1.165) is 38.6 Å². The molecule has 0 saturated heterocycles. The van der Waals surface area contributed by atoms with Crippen molar-refractivity contribution in [2.24, 2.45) is 0 Å². The lowest BCUT2D eigenvalue weighted by molar-refractivity contribution is -0.143. The van der Waals surface area contributed by atoms with E-state index in [4.69, 9.17) is 9.47 Å². The summed E-state index contributed by atoms with van der Waals surface area (Å²) in [4.78, 5) is 21.4. The van der Waals surface area contributed by atoms with Crippen molar-refractivity contribution in [2.75, 3.05) is 20.3 Å². The van der Waals surface area contributed by atoms with Crippen molar-refractivity contribution in [2.45, 2.75) is 100 Å². The molecule has 0 radical (unpaired) electrons. The van der Waals surface area contributed by atoms with E-state index in [-0.39, 0.29) is 5.97 Å². The Balaban J connectivity index is -0.000000515. The first-order chi connectivity index (χ1) is 17.5. The normalized spacial score (nSPS) is 8.92. The van der Waals surface area contributed by atoms with Gasteiger partial charge in [-0.15, -0.1) is 0 Å². The summed E-state index contributed by atoms with van der Waals surface area (Å²) in [7, 11) is 1.73. The molecule has 2 aromatic rings. The average Bonchev–Trinajstić information content (AvgIpc) is 2.91. The monoisotopic (exact) mass is 502 g/mol. The van der Waals surface area contributed by atoms with Gasteiger partial charge in [0.1, 0.15) is 6.29 Å². The number of hydrogen-bond donors (Lipinski definition) is 0. The molecule has 0 spiro atoms. The molecule has 0 bridgehead atoms. The molecule has 0 fully saturated rings. The minimum absolute atomic E-state index is 0.173. The minimum Gasteiger partial charge on any atom is -0.465 e. The van der Waals surface area contributed by atoms with E-state index in [0.29, 0.717) is 19.4 Å². The molecule has 2 aromatic carbocycles. The number of unbranched alkanes of at least 4 members (excludes halogenated alkanes) is 2. The summed E-state index contributed by atoms with van der Waals surface area (Å²) in [6.45, 7) is 17.6. The topological polar surface area (TPSA) is 52.6 Å². The molecule has 0 amide bonds. The Kier molecular flexibility index (Phi) is 32.3. The van der Waals surface area contributed by atoms with Gasteiger partial charge in [-0.3, -0.25) is 4.79 Å². The highest BCUT2D eigenvalue weighted by Gasteiger charge is 2.02. The summed E-state index contributed by atoms with van der Waals surface area (Å²) < 4.78 is 10.1. The van der Waals surface area contributed by atoms with Gasteiger partial charge in [0.2, 0.25) is 0 Å². The van der Waals surface area contributed by atoms with Crippen molar-refractivity contribution < 1.29 is 19.1 Å². The van der Waals surface area contributed by atoms with Gasteiger partial charge in [0.05, 0.1) is 13.2 Å². The standard InChI is InChI=1S/C15H20O3.C10H14O.C3H8.2C2H6/c1-13-6-8-14(9-7-13)10-12-18-15(17)5-3-2-4-11-16;1-9-3-5-10(6-4-9)7-8-11-2;1-3-2;2*1-2/h6-9,11H,2-5,10,12H2,1H3;3-6H,7-8H2,1-2H3;3H2,1-2H3;2*1-2H3. The van der Waals surface area contributed by atoms with Gasteiger partial charge in [-0.2, -0.15) is 0 Å². The lowest BCUT2D eigenvalue weighted by Crippen LogP contribution is -2.07. The van der Waals surface area contributed by atoms with Gasteiger partial charge in [0, 0.05) is 26.4 Å². The second-order valence-corrected chi connectivity index (χ2v) is 7.80. The van der Waals surface area contributed by atoms with Crippen LogP contribution in [0.25, 0.3) is 0 Å². The summed E-state index contributed by atoms with van der Waals surface area (Å²) >= 11 is 0. The molecule has 4 nitrogen and oxygen atoms in total. The first-order valence-corrected chi connectivity index (χ1v) is 13.7. The predicted octanol–water partition coefficient (Wildman–Crippen LogP) is 8.49. The van der Waals surface area contributed by atoms with Crippen LogP contribution in [-0.2, 0) is 31.9 Å². The van der Waals surface area contributed by atoms with E-state index in [1.165, 1.54) is 28.7 Å². The van der Waals surface area contributed by atoms with Gasteiger partial charge >= 0.3 is 5.97 Å². The third kappa shape index (κ3) is 26.2. The van der Waals surface area contributed by atoms with Gasteiger partial charge in [-0.25, -0.2) is 0 Å². The lowest BCUT2D eigenvalue weighted by Gasteiger charge is -2.05. The van der Waals surface area contributed by atoms with Crippen molar-refractivity contribution >= 4 is 12.3 Å². The average molecular weight is 503 g/mol. The summed E-state index contributed by atoms with van der Waals surface area (Å²) in [6, 6.07) is 16.8. The summed E-state index contributed by atoms with van der Waals surface area (Å²) in [5, 5.41) is 0. The quantitative estimate of drug-likeness (QED) is 0.176. The second-order valence-electron chi connectivity index (χ2n) is 7.80. The van der Waals surface area contributed by atoms with Gasteiger partial charge < -0.3 is 14.3 Å². The van der Waals surface area contributed by atoms with Crippen LogP contribution in [0.2, 0.25) is 0 Å². The van der Waals surface area contributed by atoms with E-state index in [9.17, 15) is 9.59 Å². The number of carbonyl (C=O) groups excluding carboxylic acids is 2. The molecule has 0 N–H and O–H groups in total. The van der Waals surface area contributed by atoms with E-state index in [1.54, 1.807) is 7.11 Å². The van der Waals surface area contributed by atoms with Crippen LogP contribution >= 0.6 is 0 Å². The fraction of sp³-hybridized carbons (Fsp3) is 0.562. The molecule has 0 aliphatic rings. The Hall–Kier alpha value is -2.46. The third-order valence-electron chi connectivity index (χ3n) is 4.44. The zero-order chi connectivity index (χ0) is 28.0. The number of aldehydes is 1. The van der Waals surface area contributed by atoms with E-state index in [1.807, 2.05) is 46.8 Å². The largest absolute Gasteiger partial charge is 0.465 e. The molecule has 206 valence electrons. The van der Waals surface area contributed by atoms with Crippen LogP contribution in [-0.4, -0.2) is 32.6 Å². The highest BCUT2D eigenvalue weighted by molar-refractivity contribution is 5.69. The molecule has 0 heterocycles. The molecule has 36 heavy (non-hydrogen) atoms. The number of hydrogen-bond acceptors (Lipinski definition) is 4. The van der Waals surface area contributed by atoms with Gasteiger partial charge in [-0.05, 0) is 44.2 Å². The Morgan fingerprint density at radius 2 is 1.17 bits per heavy atom. The minimum atomic E-state index is -0.173. The molecule has 4 heteroatoms. The fourth-order valence-corrected chi connectivity index (χ4v) is 2.58. The van der Waals surface area contributed by atoms with E-state index in [2.05, 4.69) is 57.2 Å². The van der Waals surface area contributed by atoms with Crippen molar-refractivity contribution in [3.63, 3.8) is 0 Å². The van der Waals surface area contributed by atoms with Crippen molar-refractivity contribution in [3.05, 3.63) is 70.8 Å². The summed E-state index contributed by atoms with van der Waals surface area (Å²) in [5.74, 6) is -0.173. The highest BCUT2D eigenvalue weighted by Crippen LogP contribution is 2.05. The van der Waals surface area contributed by atoms with Crippen LogP contribution < -0.4 is 0 Å². The van der Waals surface area contributed by atoms with Crippen molar-refractivity contribution in [1.82, 2.24) is 0 Å². The summed E-state index contributed by atoms with van der Waals surface area (Å²) in [6.07, 6.45) is 6.30. The van der Waals surface area contributed by atoms with Gasteiger partial charge in [0.15, 0.2) is 0 Å². The number of rotatable bonds is 11. The lowest BCUT2D eigenvalue weighted by atomic mass is 10.1. The first kappa shape index (κ1) is 38.1.